The number of rotatable bonds is 3. The van der Waals surface area contributed by atoms with Crippen LogP contribution in [0.1, 0.15) is 13.8 Å². The number of hydrogen-bond donors (Lipinski definition) is 2. The van der Waals surface area contributed by atoms with E-state index in [0.29, 0.717) is 6.54 Å². The molecule has 0 bridgehead atoms. The van der Waals surface area contributed by atoms with Crippen molar-refractivity contribution < 1.29 is 4.79 Å². The van der Waals surface area contributed by atoms with Crippen LogP contribution in [0.3, 0.4) is 0 Å². The van der Waals surface area contributed by atoms with Crippen molar-refractivity contribution in [1.29, 1.82) is 0 Å². The van der Waals surface area contributed by atoms with Gasteiger partial charge < -0.3 is 0 Å². The first-order valence-corrected chi connectivity index (χ1v) is 4.94. The minimum atomic E-state index is -0.569. The van der Waals surface area contributed by atoms with Gasteiger partial charge in [-0.3, -0.25) is 14.9 Å². The van der Waals surface area contributed by atoms with Gasteiger partial charge >= 0.3 is 0 Å². The van der Waals surface area contributed by atoms with Crippen LogP contribution >= 0.6 is 15.9 Å². The van der Waals surface area contributed by atoms with E-state index in [1.54, 1.807) is 10.9 Å². The minimum absolute atomic E-state index is 0.205. The second-order valence-electron chi connectivity index (χ2n) is 3.71. The van der Waals surface area contributed by atoms with Gasteiger partial charge in [0.15, 0.2) is 0 Å². The third-order valence-electron chi connectivity index (χ3n) is 1.90. The Hall–Kier alpha value is -0.880. The van der Waals surface area contributed by atoms with Crippen LogP contribution < -0.4 is 11.3 Å². The molecule has 1 rings (SSSR count). The molecule has 0 fully saturated rings. The van der Waals surface area contributed by atoms with E-state index in [1.807, 2.05) is 20.0 Å². The minimum Gasteiger partial charge on any atom is -0.294 e. The second-order valence-corrected chi connectivity index (χ2v) is 4.63. The smallest absolute Gasteiger partial charge is 0.241 e. The maximum absolute atomic E-state index is 11.4. The van der Waals surface area contributed by atoms with Crippen LogP contribution in [-0.4, -0.2) is 15.7 Å². The van der Waals surface area contributed by atoms with Crippen LogP contribution in [0.5, 0.6) is 0 Å². The lowest BCUT2D eigenvalue weighted by atomic mass is 9.93. The fourth-order valence-electron chi connectivity index (χ4n) is 1.10. The summed E-state index contributed by atoms with van der Waals surface area (Å²) < 4.78 is 2.58. The first-order valence-electron chi connectivity index (χ1n) is 4.15. The lowest BCUT2D eigenvalue weighted by molar-refractivity contribution is -0.130. The van der Waals surface area contributed by atoms with Crippen LogP contribution in [0.25, 0.3) is 0 Å². The zero-order chi connectivity index (χ0) is 10.8. The third-order valence-corrected chi connectivity index (χ3v) is 2.31. The van der Waals surface area contributed by atoms with Crippen molar-refractivity contribution in [2.75, 3.05) is 0 Å². The van der Waals surface area contributed by atoms with E-state index in [0.717, 1.165) is 4.47 Å². The molecule has 6 heteroatoms. The number of hydrazine groups is 1. The highest BCUT2D eigenvalue weighted by Crippen LogP contribution is 2.18. The van der Waals surface area contributed by atoms with Crippen LogP contribution in [0.4, 0.5) is 0 Å². The molecule has 3 N–H and O–H groups in total. The highest BCUT2D eigenvalue weighted by atomic mass is 79.9. The number of halogens is 1. The molecule has 0 saturated heterocycles. The maximum Gasteiger partial charge on any atom is 0.241 e. The summed E-state index contributed by atoms with van der Waals surface area (Å²) in [7, 11) is 0. The van der Waals surface area contributed by atoms with Crippen LogP contribution in [0, 0.1) is 5.41 Å². The number of nitrogens with one attached hydrogen (secondary N) is 1. The van der Waals surface area contributed by atoms with Crippen LogP contribution in [0.2, 0.25) is 0 Å². The van der Waals surface area contributed by atoms with E-state index >= 15 is 0 Å². The molecule has 0 aliphatic carbocycles. The highest BCUT2D eigenvalue weighted by Gasteiger charge is 2.27. The first-order chi connectivity index (χ1) is 6.45. The summed E-state index contributed by atoms with van der Waals surface area (Å²) in [6.07, 6.45) is 3.49. The topological polar surface area (TPSA) is 72.9 Å². The van der Waals surface area contributed by atoms with Crippen molar-refractivity contribution in [3.63, 3.8) is 0 Å². The van der Waals surface area contributed by atoms with Gasteiger partial charge in [0, 0.05) is 6.20 Å². The van der Waals surface area contributed by atoms with Gasteiger partial charge in [-0.15, -0.1) is 0 Å². The van der Waals surface area contributed by atoms with Gasteiger partial charge in [0.2, 0.25) is 5.91 Å². The summed E-state index contributed by atoms with van der Waals surface area (Å²) >= 11 is 3.29. The Morgan fingerprint density at radius 3 is 2.86 bits per heavy atom. The largest absolute Gasteiger partial charge is 0.294 e. The van der Waals surface area contributed by atoms with Crippen LogP contribution in [-0.2, 0) is 11.3 Å². The van der Waals surface area contributed by atoms with Crippen molar-refractivity contribution in [3.05, 3.63) is 16.9 Å². The standard InChI is InChI=1S/C8H13BrN4O/c1-8(2,7(14)12-10)5-13-4-6(9)3-11-13/h3-4H,5,10H2,1-2H3,(H,12,14). The van der Waals surface area contributed by atoms with E-state index < -0.39 is 5.41 Å². The summed E-state index contributed by atoms with van der Waals surface area (Å²) in [5.74, 6) is 4.87. The molecule has 1 amide bonds. The second kappa shape index (κ2) is 4.10. The summed E-state index contributed by atoms with van der Waals surface area (Å²) in [4.78, 5) is 11.4. The zero-order valence-corrected chi connectivity index (χ0v) is 9.71. The Labute approximate surface area is 90.8 Å². The van der Waals surface area contributed by atoms with Crippen molar-refractivity contribution in [1.82, 2.24) is 15.2 Å². The SMILES string of the molecule is CC(C)(Cn1cc(Br)cn1)C(=O)NN. The number of nitrogens with zero attached hydrogens (tertiary/aromatic N) is 2. The summed E-state index contributed by atoms with van der Waals surface area (Å²) in [6.45, 7) is 4.11. The van der Waals surface area contributed by atoms with Crippen molar-refractivity contribution in [2.24, 2.45) is 11.3 Å². The van der Waals surface area contributed by atoms with Crippen molar-refractivity contribution in [3.8, 4) is 0 Å². The van der Waals surface area contributed by atoms with E-state index in [9.17, 15) is 4.79 Å². The molecule has 1 aromatic rings. The monoisotopic (exact) mass is 260 g/mol. The number of carbonyl (C=O) groups excluding carboxylic acids is 1. The van der Waals surface area contributed by atoms with Gasteiger partial charge in [-0.25, -0.2) is 5.84 Å². The lowest BCUT2D eigenvalue weighted by Crippen LogP contribution is -2.43. The van der Waals surface area contributed by atoms with Gasteiger partial charge in [-0.1, -0.05) is 0 Å². The Bertz CT molecular complexity index is 334. The number of amides is 1. The summed E-state index contributed by atoms with van der Waals surface area (Å²) in [6, 6.07) is 0. The van der Waals surface area contributed by atoms with Gasteiger partial charge in [-0.2, -0.15) is 5.10 Å². The van der Waals surface area contributed by atoms with Crippen LogP contribution in [0.15, 0.2) is 16.9 Å². The molecule has 14 heavy (non-hydrogen) atoms. The average Bonchev–Trinajstić information content (AvgIpc) is 2.48. The number of nitrogens with two attached hydrogens (primary N) is 1. The number of aromatic nitrogens is 2. The molecular weight excluding hydrogens is 248 g/mol. The van der Waals surface area contributed by atoms with Crippen molar-refractivity contribution in [2.45, 2.75) is 20.4 Å². The Morgan fingerprint density at radius 1 is 1.79 bits per heavy atom. The molecule has 5 nitrogen and oxygen atoms in total. The maximum atomic E-state index is 11.4. The quantitative estimate of drug-likeness (QED) is 0.477. The molecular formula is C8H13BrN4O. The van der Waals surface area contributed by atoms with Gasteiger partial charge in [0.05, 0.1) is 22.6 Å². The van der Waals surface area contributed by atoms with E-state index in [2.05, 4.69) is 26.5 Å². The molecule has 0 unspecified atom stereocenters. The lowest BCUT2D eigenvalue weighted by Gasteiger charge is -2.21. The Balaban J connectivity index is 2.72. The van der Waals surface area contributed by atoms with Gasteiger partial charge in [-0.05, 0) is 29.8 Å². The normalized spacial score (nSPS) is 11.4. The molecule has 0 aliphatic rings. The molecule has 0 aromatic carbocycles. The molecule has 0 saturated carbocycles. The third kappa shape index (κ3) is 2.55. The van der Waals surface area contributed by atoms with E-state index in [1.165, 1.54) is 0 Å². The molecule has 1 heterocycles. The van der Waals surface area contributed by atoms with Gasteiger partial charge in [0.1, 0.15) is 0 Å². The fourth-order valence-corrected chi connectivity index (χ4v) is 1.42. The van der Waals surface area contributed by atoms with Gasteiger partial charge in [0.25, 0.3) is 0 Å². The summed E-state index contributed by atoms with van der Waals surface area (Å²) in [5.41, 5.74) is 1.57. The predicted octanol–water partition coefficient (Wildman–Crippen LogP) is 0.662. The molecule has 0 atom stereocenters. The fraction of sp³-hybridized carbons (Fsp3) is 0.500. The summed E-state index contributed by atoms with van der Waals surface area (Å²) in [5, 5.41) is 4.07. The molecule has 1 aromatic heterocycles. The number of carbonyl (C=O) groups is 1. The van der Waals surface area contributed by atoms with E-state index in [-0.39, 0.29) is 5.91 Å². The van der Waals surface area contributed by atoms with E-state index in [4.69, 9.17) is 5.84 Å². The number of hydrogen-bond acceptors (Lipinski definition) is 3. The first kappa shape index (κ1) is 11.2. The average molecular weight is 261 g/mol. The molecule has 0 aliphatic heterocycles. The Morgan fingerprint density at radius 2 is 2.43 bits per heavy atom. The molecule has 0 spiro atoms. The highest BCUT2D eigenvalue weighted by molar-refractivity contribution is 9.10. The van der Waals surface area contributed by atoms with Crippen molar-refractivity contribution >= 4 is 21.8 Å². The Kier molecular flexibility index (Phi) is 3.28. The zero-order valence-electron chi connectivity index (χ0n) is 8.12. The molecule has 78 valence electrons. The molecule has 0 radical (unpaired) electrons. The predicted molar refractivity (Wildman–Crippen MR) is 56.0 cm³/mol.